The lowest BCUT2D eigenvalue weighted by Gasteiger charge is -2.05. The molecule has 1 heterocycles. The van der Waals surface area contributed by atoms with E-state index in [9.17, 15) is 0 Å². The highest BCUT2D eigenvalue weighted by atomic mass is 14.9. The second-order valence-electron chi connectivity index (χ2n) is 2.79. The smallest absolute Gasteiger partial charge is 0.0517 e. The summed E-state index contributed by atoms with van der Waals surface area (Å²) in [5, 5.41) is 3.24. The highest BCUT2D eigenvalue weighted by molar-refractivity contribution is 5.39. The van der Waals surface area contributed by atoms with E-state index in [0.29, 0.717) is 0 Å². The zero-order valence-corrected chi connectivity index (χ0v) is 6.80. The Morgan fingerprint density at radius 1 is 1.73 bits per heavy atom. The lowest BCUT2D eigenvalue weighted by Crippen LogP contribution is -2.18. The molecule has 1 aromatic rings. The minimum absolute atomic E-state index is 0.279. The Bertz CT molecular complexity index is 179. The number of anilines is 1. The molecule has 0 fully saturated rings. The zero-order chi connectivity index (χ0) is 8.10. The molecule has 1 rings (SSSR count). The minimum Gasteiger partial charge on any atom is -0.384 e. The fourth-order valence-electron chi connectivity index (χ4n) is 0.878. The third kappa shape index (κ3) is 3.09. The van der Waals surface area contributed by atoms with Crippen LogP contribution in [-0.4, -0.2) is 17.6 Å². The van der Waals surface area contributed by atoms with Gasteiger partial charge in [0.05, 0.1) is 5.69 Å². The van der Waals surface area contributed by atoms with Gasteiger partial charge < -0.3 is 16.0 Å². The lowest BCUT2D eigenvalue weighted by molar-refractivity contribution is 0.690. The van der Waals surface area contributed by atoms with Crippen LogP contribution in [0.2, 0.25) is 0 Å². The summed E-state index contributed by atoms with van der Waals surface area (Å²) in [4.78, 5) is 2.97. The first-order valence-electron chi connectivity index (χ1n) is 3.91. The number of aromatic nitrogens is 1. The van der Waals surface area contributed by atoms with Crippen molar-refractivity contribution in [2.24, 2.45) is 5.73 Å². The molecule has 0 aromatic carbocycles. The van der Waals surface area contributed by atoms with Crippen LogP contribution < -0.4 is 11.1 Å². The predicted octanol–water partition coefficient (Wildman–Crippen LogP) is 1.16. The van der Waals surface area contributed by atoms with Crippen molar-refractivity contribution in [3.8, 4) is 0 Å². The molecule has 0 amide bonds. The van der Waals surface area contributed by atoms with E-state index in [0.717, 1.165) is 18.7 Å². The second-order valence-corrected chi connectivity index (χ2v) is 2.79. The highest BCUT2D eigenvalue weighted by Crippen LogP contribution is 2.02. The highest BCUT2D eigenvalue weighted by Gasteiger charge is 1.93. The maximum absolute atomic E-state index is 5.58. The molecule has 0 aliphatic carbocycles. The molecule has 4 N–H and O–H groups in total. The lowest BCUT2D eigenvalue weighted by atomic mass is 10.2. The molecule has 0 aliphatic heterocycles. The van der Waals surface area contributed by atoms with Gasteiger partial charge in [-0.05, 0) is 19.4 Å². The molecule has 1 unspecified atom stereocenters. The molecule has 0 aliphatic rings. The molecule has 0 spiro atoms. The van der Waals surface area contributed by atoms with E-state index in [2.05, 4.69) is 10.3 Å². The molecule has 1 aromatic heterocycles. The largest absolute Gasteiger partial charge is 0.384 e. The molecule has 0 saturated carbocycles. The topological polar surface area (TPSA) is 53.8 Å². The Labute approximate surface area is 67.0 Å². The predicted molar refractivity (Wildman–Crippen MR) is 47.5 cm³/mol. The Morgan fingerprint density at radius 2 is 2.55 bits per heavy atom. The summed E-state index contributed by atoms with van der Waals surface area (Å²) >= 11 is 0. The van der Waals surface area contributed by atoms with E-state index >= 15 is 0 Å². The molecule has 0 saturated heterocycles. The van der Waals surface area contributed by atoms with Gasteiger partial charge in [0.25, 0.3) is 0 Å². The van der Waals surface area contributed by atoms with Gasteiger partial charge in [0.15, 0.2) is 0 Å². The summed E-state index contributed by atoms with van der Waals surface area (Å²) < 4.78 is 0. The summed E-state index contributed by atoms with van der Waals surface area (Å²) in [6.45, 7) is 2.95. The van der Waals surface area contributed by atoms with Gasteiger partial charge >= 0.3 is 0 Å². The molecule has 1 atom stereocenters. The quantitative estimate of drug-likeness (QED) is 0.608. The molecule has 3 nitrogen and oxygen atoms in total. The van der Waals surface area contributed by atoms with E-state index in [-0.39, 0.29) is 6.04 Å². The van der Waals surface area contributed by atoms with Crippen molar-refractivity contribution in [3.05, 3.63) is 18.5 Å². The summed E-state index contributed by atoms with van der Waals surface area (Å²) in [6, 6.07) is 2.28. The summed E-state index contributed by atoms with van der Waals surface area (Å²) in [7, 11) is 0. The van der Waals surface area contributed by atoms with Crippen LogP contribution in [0.5, 0.6) is 0 Å². The monoisotopic (exact) mass is 153 g/mol. The number of rotatable bonds is 4. The van der Waals surface area contributed by atoms with Crippen molar-refractivity contribution >= 4 is 5.69 Å². The first-order chi connectivity index (χ1) is 5.29. The van der Waals surface area contributed by atoms with Gasteiger partial charge in [0.1, 0.15) is 0 Å². The minimum atomic E-state index is 0.279. The van der Waals surface area contributed by atoms with Crippen molar-refractivity contribution in [3.63, 3.8) is 0 Å². The number of hydrogen-bond acceptors (Lipinski definition) is 2. The fraction of sp³-hybridized carbons (Fsp3) is 0.500. The Hall–Kier alpha value is -0.960. The van der Waals surface area contributed by atoms with Crippen LogP contribution in [0.15, 0.2) is 18.5 Å². The average molecular weight is 153 g/mol. The van der Waals surface area contributed by atoms with E-state index in [1.165, 1.54) is 0 Å². The Kier molecular flexibility index (Phi) is 2.98. The molecule has 3 heteroatoms. The van der Waals surface area contributed by atoms with Crippen LogP contribution in [0.4, 0.5) is 5.69 Å². The number of H-pyrrole nitrogens is 1. The SMILES string of the molecule is CC(N)CCNc1cc[nH]c1. The van der Waals surface area contributed by atoms with E-state index < -0.39 is 0 Å². The summed E-state index contributed by atoms with van der Waals surface area (Å²) in [5.74, 6) is 0. The van der Waals surface area contributed by atoms with Gasteiger partial charge in [-0.1, -0.05) is 0 Å². The summed E-state index contributed by atoms with van der Waals surface area (Å²) in [6.07, 6.45) is 4.83. The standard InChI is InChI=1S/C8H15N3/c1-7(9)2-5-11-8-3-4-10-6-8/h3-4,6-7,10-11H,2,5,9H2,1H3. The van der Waals surface area contributed by atoms with E-state index in [4.69, 9.17) is 5.73 Å². The third-order valence-electron chi connectivity index (χ3n) is 1.53. The van der Waals surface area contributed by atoms with Gasteiger partial charge in [-0.2, -0.15) is 0 Å². The number of nitrogens with two attached hydrogens (primary N) is 1. The second kappa shape index (κ2) is 4.03. The normalized spacial score (nSPS) is 12.9. The van der Waals surface area contributed by atoms with Crippen LogP contribution in [0.3, 0.4) is 0 Å². The first kappa shape index (κ1) is 8.14. The van der Waals surface area contributed by atoms with Gasteiger partial charge in [-0.25, -0.2) is 0 Å². The third-order valence-corrected chi connectivity index (χ3v) is 1.53. The Balaban J connectivity index is 2.14. The molecule has 62 valence electrons. The van der Waals surface area contributed by atoms with Gasteiger partial charge in [0, 0.05) is 25.0 Å². The van der Waals surface area contributed by atoms with Crippen LogP contribution >= 0.6 is 0 Å². The zero-order valence-electron chi connectivity index (χ0n) is 6.80. The maximum atomic E-state index is 5.58. The molecule has 11 heavy (non-hydrogen) atoms. The average Bonchev–Trinajstić information content (AvgIpc) is 2.39. The van der Waals surface area contributed by atoms with Gasteiger partial charge in [-0.3, -0.25) is 0 Å². The van der Waals surface area contributed by atoms with Crippen LogP contribution in [0.1, 0.15) is 13.3 Å². The van der Waals surface area contributed by atoms with Crippen LogP contribution in [0, 0.1) is 0 Å². The first-order valence-corrected chi connectivity index (χ1v) is 3.91. The number of nitrogens with one attached hydrogen (secondary N) is 2. The van der Waals surface area contributed by atoms with Gasteiger partial charge in [0.2, 0.25) is 0 Å². The van der Waals surface area contributed by atoms with Crippen LogP contribution in [0.25, 0.3) is 0 Å². The number of hydrogen-bond donors (Lipinski definition) is 3. The molecular formula is C8H15N3. The number of aromatic amines is 1. The summed E-state index contributed by atoms with van der Waals surface area (Å²) in [5.41, 5.74) is 6.71. The van der Waals surface area contributed by atoms with Crippen molar-refractivity contribution in [2.75, 3.05) is 11.9 Å². The maximum Gasteiger partial charge on any atom is 0.0517 e. The van der Waals surface area contributed by atoms with Crippen LogP contribution in [-0.2, 0) is 0 Å². The van der Waals surface area contributed by atoms with Crippen molar-refractivity contribution in [1.29, 1.82) is 0 Å². The Morgan fingerprint density at radius 3 is 3.09 bits per heavy atom. The van der Waals surface area contributed by atoms with Crippen molar-refractivity contribution in [1.82, 2.24) is 4.98 Å². The van der Waals surface area contributed by atoms with E-state index in [1.54, 1.807) is 0 Å². The van der Waals surface area contributed by atoms with Gasteiger partial charge in [-0.15, -0.1) is 0 Å². The van der Waals surface area contributed by atoms with Crippen molar-refractivity contribution in [2.45, 2.75) is 19.4 Å². The molecule has 0 bridgehead atoms. The molecular weight excluding hydrogens is 138 g/mol. The fourth-order valence-corrected chi connectivity index (χ4v) is 0.878. The van der Waals surface area contributed by atoms with Crippen molar-refractivity contribution < 1.29 is 0 Å². The van der Waals surface area contributed by atoms with E-state index in [1.807, 2.05) is 25.4 Å². The molecule has 0 radical (unpaired) electrons.